The number of hydrogen-bond donors (Lipinski definition) is 2. The van der Waals surface area contributed by atoms with E-state index < -0.39 is 11.2 Å². The fourth-order valence-corrected chi connectivity index (χ4v) is 3.44. The predicted octanol–water partition coefficient (Wildman–Crippen LogP) is 1.28. The van der Waals surface area contributed by atoms with E-state index in [0.29, 0.717) is 36.7 Å². The third kappa shape index (κ3) is 4.40. The molecular weight excluding hydrogens is 396 g/mol. The first-order valence-electron chi connectivity index (χ1n) is 10.4. The molecule has 0 aliphatic carbocycles. The van der Waals surface area contributed by atoms with Gasteiger partial charge >= 0.3 is 5.69 Å². The monoisotopic (exact) mass is 426 g/mol. The highest BCUT2D eigenvalue weighted by Gasteiger charge is 2.20. The SMILES string of the molecule is Cc1ccc(C)c(Cn2c(NCCNC(=O)C(C)C)nc3c2c(=O)n(C)c(=O)n3C)c1. The summed E-state index contributed by atoms with van der Waals surface area (Å²) in [5, 5.41) is 6.07. The number of fused-ring (bicyclic) bond motifs is 1. The number of imidazole rings is 1. The fraction of sp³-hybridized carbons (Fsp3) is 0.455. The number of amides is 1. The van der Waals surface area contributed by atoms with Gasteiger partial charge in [0.1, 0.15) is 0 Å². The van der Waals surface area contributed by atoms with Crippen molar-refractivity contribution in [2.24, 2.45) is 20.0 Å². The number of nitrogens with zero attached hydrogens (tertiary/aromatic N) is 4. The summed E-state index contributed by atoms with van der Waals surface area (Å²) < 4.78 is 4.28. The third-order valence-corrected chi connectivity index (χ3v) is 5.41. The Bertz CT molecular complexity index is 1250. The molecule has 3 rings (SSSR count). The number of hydrogen-bond acceptors (Lipinski definition) is 5. The van der Waals surface area contributed by atoms with Gasteiger partial charge in [0.05, 0.1) is 6.54 Å². The number of benzene rings is 1. The van der Waals surface area contributed by atoms with Crippen LogP contribution in [0.3, 0.4) is 0 Å². The third-order valence-electron chi connectivity index (χ3n) is 5.41. The molecular formula is C22H30N6O3. The highest BCUT2D eigenvalue weighted by Crippen LogP contribution is 2.20. The average Bonchev–Trinajstić information content (AvgIpc) is 3.08. The Morgan fingerprint density at radius 2 is 1.81 bits per heavy atom. The zero-order valence-electron chi connectivity index (χ0n) is 18.9. The lowest BCUT2D eigenvalue weighted by Crippen LogP contribution is -2.37. The Labute approximate surface area is 180 Å². The van der Waals surface area contributed by atoms with Crippen molar-refractivity contribution in [2.45, 2.75) is 34.2 Å². The average molecular weight is 427 g/mol. The molecule has 0 bridgehead atoms. The van der Waals surface area contributed by atoms with Crippen molar-refractivity contribution in [2.75, 3.05) is 18.4 Å². The molecule has 2 heterocycles. The zero-order valence-corrected chi connectivity index (χ0v) is 18.9. The molecule has 0 saturated heterocycles. The van der Waals surface area contributed by atoms with Crippen LogP contribution in [-0.2, 0) is 25.4 Å². The van der Waals surface area contributed by atoms with Crippen LogP contribution in [-0.4, -0.2) is 37.7 Å². The van der Waals surface area contributed by atoms with Gasteiger partial charge in [-0.15, -0.1) is 0 Å². The smallest absolute Gasteiger partial charge is 0.332 e. The van der Waals surface area contributed by atoms with Crippen LogP contribution in [0.15, 0.2) is 27.8 Å². The minimum atomic E-state index is -0.426. The van der Waals surface area contributed by atoms with Gasteiger partial charge in [0.2, 0.25) is 11.9 Å². The lowest BCUT2D eigenvalue weighted by Gasteiger charge is -2.14. The van der Waals surface area contributed by atoms with E-state index in [4.69, 9.17) is 0 Å². The van der Waals surface area contributed by atoms with E-state index in [2.05, 4.69) is 21.7 Å². The van der Waals surface area contributed by atoms with E-state index in [1.165, 1.54) is 11.6 Å². The first-order chi connectivity index (χ1) is 14.6. The summed E-state index contributed by atoms with van der Waals surface area (Å²) in [6.45, 7) is 9.00. The summed E-state index contributed by atoms with van der Waals surface area (Å²) >= 11 is 0. The van der Waals surface area contributed by atoms with Crippen LogP contribution in [0.2, 0.25) is 0 Å². The predicted molar refractivity (Wildman–Crippen MR) is 122 cm³/mol. The molecule has 0 atom stereocenters. The van der Waals surface area contributed by atoms with Crippen molar-refractivity contribution in [3.05, 3.63) is 55.7 Å². The number of aryl methyl sites for hydroxylation is 3. The summed E-state index contributed by atoms with van der Waals surface area (Å²) in [4.78, 5) is 41.7. The summed E-state index contributed by atoms with van der Waals surface area (Å²) in [7, 11) is 3.07. The second-order valence-electron chi connectivity index (χ2n) is 8.20. The maximum atomic E-state index is 13.0. The molecule has 2 N–H and O–H groups in total. The Kier molecular flexibility index (Phi) is 6.33. The summed E-state index contributed by atoms with van der Waals surface area (Å²) in [5.41, 5.74) is 3.15. The molecule has 3 aromatic rings. The second-order valence-corrected chi connectivity index (χ2v) is 8.20. The molecule has 1 amide bonds. The second kappa shape index (κ2) is 8.79. The maximum absolute atomic E-state index is 13.0. The van der Waals surface area contributed by atoms with Gasteiger partial charge in [0, 0.05) is 33.1 Å². The largest absolute Gasteiger partial charge is 0.354 e. The van der Waals surface area contributed by atoms with Crippen LogP contribution < -0.4 is 21.9 Å². The molecule has 9 nitrogen and oxygen atoms in total. The van der Waals surface area contributed by atoms with Gasteiger partial charge in [-0.1, -0.05) is 37.6 Å². The summed E-state index contributed by atoms with van der Waals surface area (Å²) in [6.07, 6.45) is 0. The van der Waals surface area contributed by atoms with E-state index in [-0.39, 0.29) is 11.8 Å². The van der Waals surface area contributed by atoms with Gasteiger partial charge in [-0.05, 0) is 25.0 Å². The number of carbonyl (C=O) groups excluding carboxylic acids is 1. The highest BCUT2D eigenvalue weighted by molar-refractivity contribution is 5.78. The number of anilines is 1. The molecule has 166 valence electrons. The molecule has 0 spiro atoms. The lowest BCUT2D eigenvalue weighted by atomic mass is 10.1. The molecule has 0 unspecified atom stereocenters. The van der Waals surface area contributed by atoms with Crippen LogP contribution in [0.25, 0.3) is 11.2 Å². The van der Waals surface area contributed by atoms with Crippen LogP contribution in [0, 0.1) is 19.8 Å². The molecule has 1 aromatic carbocycles. The highest BCUT2D eigenvalue weighted by atomic mass is 16.2. The lowest BCUT2D eigenvalue weighted by molar-refractivity contribution is -0.123. The van der Waals surface area contributed by atoms with Crippen LogP contribution in [0.1, 0.15) is 30.5 Å². The minimum Gasteiger partial charge on any atom is -0.354 e. The van der Waals surface area contributed by atoms with Crippen molar-refractivity contribution >= 4 is 23.0 Å². The Morgan fingerprint density at radius 3 is 2.48 bits per heavy atom. The number of aromatic nitrogens is 4. The zero-order chi connectivity index (χ0) is 22.9. The number of rotatable bonds is 7. The molecule has 0 aliphatic rings. The standard InChI is InChI=1S/C22H30N6O3/c1-13(2)19(29)23-9-10-24-21-25-18-17(20(30)27(6)22(31)26(18)5)28(21)12-16-11-14(3)7-8-15(16)4/h7-8,11,13H,9-10,12H2,1-6H3,(H,23,29)(H,24,25). The summed E-state index contributed by atoms with van der Waals surface area (Å²) in [5.74, 6) is 0.362. The van der Waals surface area contributed by atoms with E-state index in [1.807, 2.05) is 44.4 Å². The molecule has 0 saturated carbocycles. The number of nitrogens with one attached hydrogen (secondary N) is 2. The van der Waals surface area contributed by atoms with Crippen LogP contribution >= 0.6 is 0 Å². The molecule has 0 aliphatic heterocycles. The van der Waals surface area contributed by atoms with Crippen LogP contribution in [0.5, 0.6) is 0 Å². The van der Waals surface area contributed by atoms with Gasteiger partial charge in [-0.25, -0.2) is 4.79 Å². The van der Waals surface area contributed by atoms with Gasteiger partial charge in [-0.2, -0.15) is 4.98 Å². The van der Waals surface area contributed by atoms with Crippen molar-refractivity contribution in [3.63, 3.8) is 0 Å². The first kappa shape index (κ1) is 22.3. The van der Waals surface area contributed by atoms with E-state index >= 15 is 0 Å². The molecule has 9 heteroatoms. The molecule has 0 radical (unpaired) electrons. The van der Waals surface area contributed by atoms with E-state index in [1.54, 1.807) is 7.05 Å². The molecule has 31 heavy (non-hydrogen) atoms. The van der Waals surface area contributed by atoms with Gasteiger partial charge in [-0.3, -0.25) is 23.3 Å². The first-order valence-corrected chi connectivity index (χ1v) is 10.4. The number of carbonyl (C=O) groups is 1. The van der Waals surface area contributed by atoms with Gasteiger partial charge < -0.3 is 10.6 Å². The Hall–Kier alpha value is -3.36. The van der Waals surface area contributed by atoms with Crippen LogP contribution in [0.4, 0.5) is 5.95 Å². The van der Waals surface area contributed by atoms with Crippen molar-refractivity contribution in [3.8, 4) is 0 Å². The summed E-state index contributed by atoms with van der Waals surface area (Å²) in [6, 6.07) is 6.18. The van der Waals surface area contributed by atoms with E-state index in [9.17, 15) is 14.4 Å². The molecule has 2 aromatic heterocycles. The maximum Gasteiger partial charge on any atom is 0.332 e. The van der Waals surface area contributed by atoms with Crippen molar-refractivity contribution in [1.82, 2.24) is 24.0 Å². The topological polar surface area (TPSA) is 103 Å². The normalized spacial score (nSPS) is 11.3. The quantitative estimate of drug-likeness (QED) is 0.554. The van der Waals surface area contributed by atoms with Gasteiger partial charge in [0.15, 0.2) is 11.2 Å². The van der Waals surface area contributed by atoms with Crippen molar-refractivity contribution < 1.29 is 4.79 Å². The van der Waals surface area contributed by atoms with E-state index in [0.717, 1.165) is 21.3 Å². The Balaban J connectivity index is 2.05. The fourth-order valence-electron chi connectivity index (χ4n) is 3.44. The Morgan fingerprint density at radius 1 is 1.10 bits per heavy atom. The van der Waals surface area contributed by atoms with Crippen molar-refractivity contribution in [1.29, 1.82) is 0 Å². The molecule has 0 fully saturated rings. The van der Waals surface area contributed by atoms with Gasteiger partial charge in [0.25, 0.3) is 5.56 Å². The minimum absolute atomic E-state index is 0.0260.